The number of aliphatic hydroxyl groups is 1. The summed E-state index contributed by atoms with van der Waals surface area (Å²) in [5.74, 6) is -0.632. The third-order valence-corrected chi connectivity index (χ3v) is 8.48. The van der Waals surface area contributed by atoms with Gasteiger partial charge in [0, 0.05) is 0 Å². The van der Waals surface area contributed by atoms with Crippen molar-refractivity contribution < 1.29 is 23.8 Å². The molecule has 3 rings (SSSR count). The van der Waals surface area contributed by atoms with Gasteiger partial charge in [-0.2, -0.15) is 0 Å². The van der Waals surface area contributed by atoms with E-state index in [1.165, 1.54) is 12.1 Å². The molecule has 1 amide bonds. The van der Waals surface area contributed by atoms with Crippen molar-refractivity contribution in [3.05, 3.63) is 41.3 Å². The summed E-state index contributed by atoms with van der Waals surface area (Å²) in [5, 5.41) is 9.92. The number of nitrogens with zero attached hydrogens (tertiary/aromatic N) is 1. The normalized spacial score (nSPS) is 19.1. The number of cyclic esters (lactones) is 1. The van der Waals surface area contributed by atoms with E-state index in [2.05, 4.69) is 21.5 Å². The maximum atomic E-state index is 13.5. The number of aromatic nitrogens is 1. The second-order valence-corrected chi connectivity index (χ2v) is 11.2. The van der Waals surface area contributed by atoms with Gasteiger partial charge in [0.1, 0.15) is 0 Å². The second-order valence-electron chi connectivity index (χ2n) is 7.80. The fraction of sp³-hybridized carbons (Fsp3) is 0.429. The third-order valence-electron chi connectivity index (χ3n) is 5.27. The van der Waals surface area contributed by atoms with Crippen molar-refractivity contribution in [3.63, 3.8) is 0 Å². The average Bonchev–Trinajstić information content (AvgIpc) is 2.98. The van der Waals surface area contributed by atoms with E-state index < -0.39 is 6.10 Å². The minimum atomic E-state index is -0.676. The molecule has 0 saturated carbocycles. The summed E-state index contributed by atoms with van der Waals surface area (Å²) in [6.45, 7) is 4.66. The van der Waals surface area contributed by atoms with E-state index >= 15 is 0 Å². The van der Waals surface area contributed by atoms with Crippen LogP contribution in [0.5, 0.6) is 0 Å². The molecule has 0 aliphatic carbocycles. The zero-order chi connectivity index (χ0) is 22.0. The molecule has 1 fully saturated rings. The molecule has 0 spiro atoms. The van der Waals surface area contributed by atoms with Gasteiger partial charge in [-0.3, -0.25) is 0 Å². The Bertz CT molecular complexity index is 943. The van der Waals surface area contributed by atoms with E-state index in [-0.39, 0.29) is 36.1 Å². The van der Waals surface area contributed by atoms with Crippen molar-refractivity contribution in [3.8, 4) is 11.3 Å². The van der Waals surface area contributed by atoms with Crippen LogP contribution in [0.3, 0.4) is 0 Å². The van der Waals surface area contributed by atoms with Gasteiger partial charge in [0.25, 0.3) is 0 Å². The van der Waals surface area contributed by atoms with Gasteiger partial charge in [0.05, 0.1) is 0 Å². The Morgan fingerprint density at radius 3 is 2.60 bits per heavy atom. The number of esters is 1. The van der Waals surface area contributed by atoms with Crippen molar-refractivity contribution in [1.29, 1.82) is 0 Å². The number of carbonyl (C=O) groups excluding carboxylic acids is 2. The third kappa shape index (κ3) is 5.14. The number of hydrogen-bond donors (Lipinski definition) is 2. The number of aliphatic hydroxyl groups excluding tert-OH is 1. The average molecular weight is 803 g/mol. The number of nitrogens with one attached hydrogen (secondary N) is 1. The Morgan fingerprint density at radius 1 is 1.37 bits per heavy atom. The number of halogens is 1. The summed E-state index contributed by atoms with van der Waals surface area (Å²) < 4.78 is 25.0. The Hall–Kier alpha value is -0.826. The number of hydrogen-bond acceptors (Lipinski definition) is 4. The number of amides is 1. The first kappa shape index (κ1) is 23.8. The first-order valence-corrected chi connectivity index (χ1v) is 14.4. The van der Waals surface area contributed by atoms with Gasteiger partial charge in [0.2, 0.25) is 0 Å². The molecule has 6 nitrogen and oxygen atoms in total. The number of rotatable bonds is 6. The van der Waals surface area contributed by atoms with Crippen LogP contribution in [-0.2, 0) is 16.1 Å². The molecule has 2 aromatic rings. The Balaban J connectivity index is 2.07. The molecule has 30 heavy (non-hydrogen) atoms. The van der Waals surface area contributed by atoms with Gasteiger partial charge >= 0.3 is 209 Å². The second kappa shape index (κ2) is 10.2. The van der Waals surface area contributed by atoms with E-state index in [1.807, 2.05) is 0 Å². The van der Waals surface area contributed by atoms with Crippen LogP contribution in [0.25, 0.3) is 11.3 Å². The van der Waals surface area contributed by atoms with Crippen LogP contribution in [0.1, 0.15) is 55.1 Å². The maximum absolute atomic E-state index is 13.5. The van der Waals surface area contributed by atoms with Gasteiger partial charge in [-0.05, 0) is 0 Å². The predicted molar refractivity (Wildman–Crippen MR) is 115 cm³/mol. The molecule has 2 N–H and O–H groups in total. The van der Waals surface area contributed by atoms with Crippen molar-refractivity contribution in [2.75, 3.05) is 0 Å². The summed E-state index contributed by atoms with van der Waals surface area (Å²) in [6, 6.07) is 6.34. The minimum absolute atomic E-state index is 0.0371. The molecule has 0 bridgehead atoms. The quantitative estimate of drug-likeness (QED) is 0.337. The molecule has 2 atom stereocenters. The SMILES string of the molecule is CC(C)c1c(C(=O)[NH][PbH])[c]([PbH])c(-c2ccc(F)cc2)n1CC[C@@H]1C[C@@H](O)CC(=O)O1. The molecule has 1 aliphatic heterocycles. The molecule has 1 aliphatic rings. The summed E-state index contributed by atoms with van der Waals surface area (Å²) in [4.78, 5) is 24.5. The summed E-state index contributed by atoms with van der Waals surface area (Å²) in [7, 11) is 0. The monoisotopic (exact) mass is 804 g/mol. The fourth-order valence-corrected chi connectivity index (χ4v) is 6.93. The van der Waals surface area contributed by atoms with Gasteiger partial charge < -0.3 is 0 Å². The van der Waals surface area contributed by atoms with Crippen LogP contribution in [0, 0.1) is 5.82 Å². The van der Waals surface area contributed by atoms with Crippen molar-refractivity contribution in [2.24, 2.45) is 0 Å². The predicted octanol–water partition coefficient (Wildman–Crippen LogP) is 0.946. The van der Waals surface area contributed by atoms with Crippen molar-refractivity contribution in [2.45, 2.75) is 57.8 Å². The first-order chi connectivity index (χ1) is 14.2. The van der Waals surface area contributed by atoms with Gasteiger partial charge in [-0.1, -0.05) is 0 Å². The Kier molecular flexibility index (Phi) is 8.10. The topological polar surface area (TPSA) is 80.6 Å². The Labute approximate surface area is 207 Å². The van der Waals surface area contributed by atoms with E-state index in [1.54, 1.807) is 12.1 Å². The van der Waals surface area contributed by atoms with E-state index in [0.717, 1.165) is 25.6 Å². The number of benzene rings is 1. The number of carbonyl (C=O) groups is 2. The van der Waals surface area contributed by atoms with Gasteiger partial charge in [-0.25, -0.2) is 0 Å². The first-order valence-electron chi connectivity index (χ1n) is 9.89. The summed E-state index contributed by atoms with van der Waals surface area (Å²) in [5.41, 5.74) is 3.49. The van der Waals surface area contributed by atoms with E-state index in [4.69, 9.17) is 4.74 Å². The molecule has 158 valence electrons. The van der Waals surface area contributed by atoms with E-state index in [9.17, 15) is 19.1 Å². The summed E-state index contributed by atoms with van der Waals surface area (Å²) in [6.07, 6.45) is -0.0400. The van der Waals surface area contributed by atoms with Gasteiger partial charge in [0.15, 0.2) is 0 Å². The summed E-state index contributed by atoms with van der Waals surface area (Å²) >= 11 is 0.744. The molecule has 0 unspecified atom stereocenters. The van der Waals surface area contributed by atoms with Gasteiger partial charge in [-0.15, -0.1) is 0 Å². The molecule has 1 aromatic carbocycles. The fourth-order valence-electron chi connectivity index (χ4n) is 4.03. The van der Waals surface area contributed by atoms with Crippen LogP contribution in [-0.4, -0.2) is 85.6 Å². The van der Waals surface area contributed by atoms with Crippen LogP contribution in [0.2, 0.25) is 0 Å². The van der Waals surface area contributed by atoms with Crippen LogP contribution in [0.15, 0.2) is 24.3 Å². The van der Waals surface area contributed by atoms with Crippen LogP contribution >= 0.6 is 0 Å². The molecule has 9 heteroatoms. The van der Waals surface area contributed by atoms with Crippen LogP contribution < -0.4 is 6.25 Å². The molecule has 1 aromatic heterocycles. The zero-order valence-corrected chi connectivity index (χ0v) is 26.0. The Morgan fingerprint density at radius 2 is 2.03 bits per heavy atom. The molecule has 2 heterocycles. The van der Waals surface area contributed by atoms with E-state index in [0.29, 0.717) is 71.2 Å². The zero-order valence-electron chi connectivity index (χ0n) is 17.0. The molecular formula is C21H25FN2O4Pb2. The standard InChI is InChI=1S/C21H24FN2O4.2Pb.2H/c1-12(2)20-17(21(23)27)11-18(13-3-5-14(22)6-4-13)24(20)8-7-16-9-15(25)10-19(26)28-16;;;;/h3-6,12,15-16,25H,7-10H2,1-2H3,(H2,23,27);;;;/q;;+1;;/p-1/t15-,16-;;;;/m1..../s1. The molecule has 1 saturated heterocycles. The van der Waals surface area contributed by atoms with Crippen LogP contribution in [0.4, 0.5) is 4.39 Å². The molecule has 4 radical (unpaired) electrons. The van der Waals surface area contributed by atoms with Crippen molar-refractivity contribution in [1.82, 2.24) is 7.69 Å². The van der Waals surface area contributed by atoms with Crippen molar-refractivity contribution >= 4 is 66.8 Å². The number of ether oxygens (including phenoxy) is 1. The molecular weight excluding hydrogens is 778 g/mol.